The van der Waals surface area contributed by atoms with Gasteiger partial charge in [-0.2, -0.15) is 0 Å². The van der Waals surface area contributed by atoms with Crippen LogP contribution in [-0.2, 0) is 0 Å². The van der Waals surface area contributed by atoms with Crippen molar-refractivity contribution in [3.8, 4) is 11.5 Å². The normalized spacial score (nSPS) is 14.4. The van der Waals surface area contributed by atoms with E-state index in [1.54, 1.807) is 25.3 Å². The maximum Gasteiger partial charge on any atom is 0.133 e. The predicted molar refractivity (Wildman–Crippen MR) is 66.8 cm³/mol. The molecule has 17 heavy (non-hydrogen) atoms. The van der Waals surface area contributed by atoms with Gasteiger partial charge in [-0.3, -0.25) is 5.41 Å². The number of ether oxygens (including phenoxy) is 2. The summed E-state index contributed by atoms with van der Waals surface area (Å²) in [6, 6.07) is 5.32. The maximum atomic E-state index is 7.49. The van der Waals surface area contributed by atoms with E-state index in [0.717, 1.165) is 18.1 Å². The van der Waals surface area contributed by atoms with Crippen molar-refractivity contribution in [2.24, 2.45) is 11.7 Å². The lowest BCUT2D eigenvalue weighted by atomic mass is 10.1. The van der Waals surface area contributed by atoms with E-state index in [4.69, 9.17) is 20.6 Å². The van der Waals surface area contributed by atoms with Gasteiger partial charge in [-0.05, 0) is 24.5 Å². The summed E-state index contributed by atoms with van der Waals surface area (Å²) in [5.41, 5.74) is 6.14. The third-order valence-corrected chi connectivity index (χ3v) is 2.96. The summed E-state index contributed by atoms with van der Waals surface area (Å²) in [7, 11) is 1.61. The Kier molecular flexibility index (Phi) is 3.52. The number of rotatable bonds is 6. The van der Waals surface area contributed by atoms with Gasteiger partial charge in [0.1, 0.15) is 17.3 Å². The second kappa shape index (κ2) is 5.08. The van der Waals surface area contributed by atoms with Gasteiger partial charge in [0.05, 0.1) is 19.3 Å². The zero-order chi connectivity index (χ0) is 12.3. The van der Waals surface area contributed by atoms with E-state index < -0.39 is 0 Å². The van der Waals surface area contributed by atoms with Crippen molar-refractivity contribution in [3.63, 3.8) is 0 Å². The lowest BCUT2D eigenvalue weighted by Gasteiger charge is -2.11. The number of hydrogen-bond acceptors (Lipinski definition) is 3. The Balaban J connectivity index is 2.06. The molecule has 0 atom stereocenters. The Morgan fingerprint density at radius 3 is 2.82 bits per heavy atom. The van der Waals surface area contributed by atoms with Gasteiger partial charge in [0.25, 0.3) is 0 Å². The van der Waals surface area contributed by atoms with Crippen LogP contribution in [0.15, 0.2) is 18.2 Å². The molecule has 0 spiro atoms. The molecule has 1 aromatic carbocycles. The highest BCUT2D eigenvalue weighted by Gasteiger charge is 2.21. The molecule has 0 aliphatic heterocycles. The van der Waals surface area contributed by atoms with E-state index in [0.29, 0.717) is 17.9 Å². The standard InChI is InChI=1S/C13H18N2O2/c1-16-10-4-5-11(13(14)15)12(8-10)17-7-6-9-2-3-9/h4-5,8-9H,2-3,6-7H2,1H3,(H3,14,15). The van der Waals surface area contributed by atoms with Crippen LogP contribution >= 0.6 is 0 Å². The molecule has 1 fully saturated rings. The number of amidine groups is 1. The van der Waals surface area contributed by atoms with Crippen LogP contribution in [0.1, 0.15) is 24.8 Å². The summed E-state index contributed by atoms with van der Waals surface area (Å²) >= 11 is 0. The fourth-order valence-electron chi connectivity index (χ4n) is 1.71. The van der Waals surface area contributed by atoms with Crippen molar-refractivity contribution < 1.29 is 9.47 Å². The van der Waals surface area contributed by atoms with Gasteiger partial charge < -0.3 is 15.2 Å². The van der Waals surface area contributed by atoms with Crippen LogP contribution < -0.4 is 15.2 Å². The van der Waals surface area contributed by atoms with Gasteiger partial charge in [-0.15, -0.1) is 0 Å². The zero-order valence-corrected chi connectivity index (χ0v) is 10.0. The molecule has 4 nitrogen and oxygen atoms in total. The fraction of sp³-hybridized carbons (Fsp3) is 0.462. The minimum Gasteiger partial charge on any atom is -0.497 e. The summed E-state index contributed by atoms with van der Waals surface area (Å²) < 4.78 is 10.8. The van der Waals surface area contributed by atoms with Crippen LogP contribution in [0, 0.1) is 11.3 Å². The minimum absolute atomic E-state index is 0.0223. The molecule has 0 radical (unpaired) electrons. The van der Waals surface area contributed by atoms with Crippen LogP contribution in [0.3, 0.4) is 0 Å². The summed E-state index contributed by atoms with van der Waals surface area (Å²) in [6.45, 7) is 0.679. The number of benzene rings is 1. The number of nitrogens with two attached hydrogens (primary N) is 1. The molecule has 1 saturated carbocycles. The molecule has 4 heteroatoms. The minimum atomic E-state index is 0.0223. The molecule has 0 heterocycles. The van der Waals surface area contributed by atoms with Crippen molar-refractivity contribution in [3.05, 3.63) is 23.8 Å². The molecule has 0 amide bonds. The fourth-order valence-corrected chi connectivity index (χ4v) is 1.71. The molecule has 1 aromatic rings. The molecule has 2 rings (SSSR count). The smallest absolute Gasteiger partial charge is 0.133 e. The van der Waals surface area contributed by atoms with E-state index in [9.17, 15) is 0 Å². The number of nitrogens with one attached hydrogen (secondary N) is 1. The number of hydrogen-bond donors (Lipinski definition) is 2. The number of methoxy groups -OCH3 is 1. The molecule has 0 unspecified atom stereocenters. The third kappa shape index (κ3) is 3.12. The largest absolute Gasteiger partial charge is 0.497 e. The summed E-state index contributed by atoms with van der Waals surface area (Å²) in [5.74, 6) is 2.21. The van der Waals surface area contributed by atoms with E-state index in [1.165, 1.54) is 12.8 Å². The Morgan fingerprint density at radius 1 is 1.47 bits per heavy atom. The highest BCUT2D eigenvalue weighted by molar-refractivity contribution is 5.97. The predicted octanol–water partition coefficient (Wildman–Crippen LogP) is 2.16. The Hall–Kier alpha value is -1.71. The van der Waals surface area contributed by atoms with Gasteiger partial charge in [-0.1, -0.05) is 12.8 Å². The lowest BCUT2D eigenvalue weighted by Crippen LogP contribution is -2.13. The van der Waals surface area contributed by atoms with Crippen LogP contribution in [-0.4, -0.2) is 19.6 Å². The Labute approximate surface area is 101 Å². The zero-order valence-electron chi connectivity index (χ0n) is 10.0. The molecule has 92 valence electrons. The first kappa shape index (κ1) is 11.8. The Bertz CT molecular complexity index is 414. The van der Waals surface area contributed by atoms with Crippen molar-refractivity contribution in [2.75, 3.05) is 13.7 Å². The Morgan fingerprint density at radius 2 is 2.24 bits per heavy atom. The second-order valence-electron chi connectivity index (χ2n) is 4.36. The summed E-state index contributed by atoms with van der Waals surface area (Å²) in [4.78, 5) is 0. The summed E-state index contributed by atoms with van der Waals surface area (Å²) in [6.07, 6.45) is 3.72. The average molecular weight is 234 g/mol. The van der Waals surface area contributed by atoms with Gasteiger partial charge >= 0.3 is 0 Å². The lowest BCUT2D eigenvalue weighted by molar-refractivity contribution is 0.299. The molecular formula is C13H18N2O2. The molecule has 3 N–H and O–H groups in total. The highest BCUT2D eigenvalue weighted by atomic mass is 16.5. The van der Waals surface area contributed by atoms with Crippen molar-refractivity contribution in [1.29, 1.82) is 5.41 Å². The average Bonchev–Trinajstić information content (AvgIpc) is 3.12. The van der Waals surface area contributed by atoms with Crippen LogP contribution in [0.25, 0.3) is 0 Å². The van der Waals surface area contributed by atoms with E-state index in [-0.39, 0.29) is 5.84 Å². The van der Waals surface area contributed by atoms with Crippen molar-refractivity contribution in [2.45, 2.75) is 19.3 Å². The van der Waals surface area contributed by atoms with Gasteiger partial charge in [-0.25, -0.2) is 0 Å². The van der Waals surface area contributed by atoms with Gasteiger partial charge in [0.15, 0.2) is 0 Å². The topological polar surface area (TPSA) is 68.3 Å². The molecule has 1 aliphatic carbocycles. The van der Waals surface area contributed by atoms with Crippen molar-refractivity contribution in [1.82, 2.24) is 0 Å². The first-order valence-electron chi connectivity index (χ1n) is 5.86. The molecule has 0 saturated heterocycles. The second-order valence-corrected chi connectivity index (χ2v) is 4.36. The summed E-state index contributed by atoms with van der Waals surface area (Å²) in [5, 5.41) is 7.49. The molecule has 1 aliphatic rings. The van der Waals surface area contributed by atoms with Crippen LogP contribution in [0.5, 0.6) is 11.5 Å². The van der Waals surface area contributed by atoms with E-state index in [1.807, 2.05) is 0 Å². The van der Waals surface area contributed by atoms with E-state index in [2.05, 4.69) is 0 Å². The van der Waals surface area contributed by atoms with E-state index >= 15 is 0 Å². The highest BCUT2D eigenvalue weighted by Crippen LogP contribution is 2.33. The molecule has 0 bridgehead atoms. The monoisotopic (exact) mass is 234 g/mol. The molecular weight excluding hydrogens is 216 g/mol. The quantitative estimate of drug-likeness (QED) is 0.585. The third-order valence-electron chi connectivity index (χ3n) is 2.96. The van der Waals surface area contributed by atoms with Gasteiger partial charge in [0, 0.05) is 6.07 Å². The first-order chi connectivity index (χ1) is 8.20. The van der Waals surface area contributed by atoms with Crippen LogP contribution in [0.2, 0.25) is 0 Å². The first-order valence-corrected chi connectivity index (χ1v) is 5.86. The number of nitrogen functional groups attached to an aromatic ring is 1. The molecule has 0 aromatic heterocycles. The maximum absolute atomic E-state index is 7.49. The van der Waals surface area contributed by atoms with Crippen LogP contribution in [0.4, 0.5) is 0 Å². The SMILES string of the molecule is COc1ccc(C(=N)N)c(OCCC2CC2)c1. The van der Waals surface area contributed by atoms with Crippen molar-refractivity contribution >= 4 is 5.84 Å². The van der Waals surface area contributed by atoms with Gasteiger partial charge in [0.2, 0.25) is 0 Å².